The second kappa shape index (κ2) is 11.4. The molecule has 6 nitrogen and oxygen atoms in total. The van der Waals surface area contributed by atoms with Gasteiger partial charge in [-0.1, -0.05) is 42.8 Å². The summed E-state index contributed by atoms with van der Waals surface area (Å²) < 4.78 is 2.30. The highest BCUT2D eigenvalue weighted by Crippen LogP contribution is 2.41. The molecule has 0 radical (unpaired) electrons. The number of carbonyl (C=O) groups is 1. The zero-order valence-corrected chi connectivity index (χ0v) is 23.8. The zero-order valence-electron chi connectivity index (χ0n) is 22.9. The summed E-state index contributed by atoms with van der Waals surface area (Å²) in [6.45, 7) is 8.99. The first-order chi connectivity index (χ1) is 18.9. The van der Waals surface area contributed by atoms with Crippen LogP contribution in [0.3, 0.4) is 0 Å². The summed E-state index contributed by atoms with van der Waals surface area (Å²) in [6.07, 6.45) is 3.14. The Morgan fingerprint density at radius 1 is 1.03 bits per heavy atom. The van der Waals surface area contributed by atoms with E-state index in [2.05, 4.69) is 76.2 Å². The van der Waals surface area contributed by atoms with Crippen LogP contribution in [0, 0.1) is 20.8 Å². The number of carbonyl (C=O) groups excluding carboxylic acids is 1. The molecular weight excluding hydrogens is 502 g/mol. The number of aryl methyl sites for hydroxylation is 3. The highest BCUT2D eigenvalue weighted by molar-refractivity contribution is 7.80. The van der Waals surface area contributed by atoms with E-state index >= 15 is 0 Å². The smallest absolute Gasteiger partial charge is 0.226 e. The molecule has 1 aliphatic rings. The van der Waals surface area contributed by atoms with Gasteiger partial charge in [0.15, 0.2) is 5.11 Å². The Balaban J connectivity index is 1.45. The molecule has 39 heavy (non-hydrogen) atoms. The number of nitrogens with one attached hydrogen (secondary N) is 2. The van der Waals surface area contributed by atoms with Crippen LogP contribution in [0.25, 0.3) is 5.69 Å². The lowest BCUT2D eigenvalue weighted by Crippen LogP contribution is -2.32. The maximum atomic E-state index is 12.9. The lowest BCUT2D eigenvalue weighted by molar-refractivity contribution is -0.116. The summed E-state index contributed by atoms with van der Waals surface area (Å²) in [5.74, 6) is -0.0387. The van der Waals surface area contributed by atoms with Gasteiger partial charge in [-0.25, -0.2) is 0 Å². The molecule has 2 aromatic carbocycles. The van der Waals surface area contributed by atoms with E-state index in [0.29, 0.717) is 18.1 Å². The van der Waals surface area contributed by atoms with Gasteiger partial charge in [-0.2, -0.15) is 0 Å². The molecule has 1 fully saturated rings. The van der Waals surface area contributed by atoms with Crippen molar-refractivity contribution in [2.75, 3.05) is 11.9 Å². The molecule has 1 saturated heterocycles. The largest absolute Gasteiger partial charge is 0.352 e. The van der Waals surface area contributed by atoms with Gasteiger partial charge in [0.25, 0.3) is 0 Å². The van der Waals surface area contributed by atoms with E-state index in [1.54, 1.807) is 0 Å². The lowest BCUT2D eigenvalue weighted by Gasteiger charge is -2.28. The number of thiocarbonyl (C=S) groups is 1. The van der Waals surface area contributed by atoms with Crippen molar-refractivity contribution in [3.63, 3.8) is 0 Å². The second-order valence-corrected chi connectivity index (χ2v) is 10.6. The summed E-state index contributed by atoms with van der Waals surface area (Å²) in [7, 11) is 0. The van der Waals surface area contributed by atoms with Crippen LogP contribution in [0.4, 0.5) is 5.69 Å². The van der Waals surface area contributed by atoms with Crippen LogP contribution < -0.4 is 10.6 Å². The molecule has 3 heterocycles. The van der Waals surface area contributed by atoms with Crippen LogP contribution in [0.1, 0.15) is 59.2 Å². The van der Waals surface area contributed by atoms with Crippen LogP contribution in [0.15, 0.2) is 79.0 Å². The summed E-state index contributed by atoms with van der Waals surface area (Å²) in [4.78, 5) is 19.7. The molecule has 1 aliphatic heterocycles. The average molecular weight is 538 g/mol. The first kappa shape index (κ1) is 26.6. The van der Waals surface area contributed by atoms with Gasteiger partial charge in [0, 0.05) is 41.9 Å². The van der Waals surface area contributed by atoms with E-state index in [1.807, 2.05) is 55.6 Å². The molecule has 2 atom stereocenters. The molecule has 2 N–H and O–H groups in total. The maximum Gasteiger partial charge on any atom is 0.226 e. The van der Waals surface area contributed by atoms with Crippen LogP contribution in [-0.2, 0) is 11.2 Å². The van der Waals surface area contributed by atoms with Crippen LogP contribution >= 0.6 is 12.2 Å². The third kappa shape index (κ3) is 5.59. The number of anilines is 1. The highest BCUT2D eigenvalue weighted by Gasteiger charge is 2.41. The Bertz CT molecular complexity index is 1460. The lowest BCUT2D eigenvalue weighted by atomic mass is 9.96. The minimum Gasteiger partial charge on any atom is -0.352 e. The van der Waals surface area contributed by atoms with Crippen LogP contribution in [0.2, 0.25) is 0 Å². The van der Waals surface area contributed by atoms with Gasteiger partial charge in [0.1, 0.15) is 0 Å². The highest BCUT2D eigenvalue weighted by atomic mass is 32.1. The monoisotopic (exact) mass is 537 g/mol. The van der Waals surface area contributed by atoms with Crippen molar-refractivity contribution in [2.24, 2.45) is 0 Å². The van der Waals surface area contributed by atoms with Crippen molar-refractivity contribution in [2.45, 2.75) is 52.6 Å². The Morgan fingerprint density at radius 2 is 1.77 bits per heavy atom. The fraction of sp³-hybridized carbons (Fsp3) is 0.281. The fourth-order valence-electron chi connectivity index (χ4n) is 5.43. The van der Waals surface area contributed by atoms with Crippen molar-refractivity contribution >= 4 is 28.9 Å². The molecule has 200 valence electrons. The minimum atomic E-state index is -0.129. The molecule has 0 unspecified atom stereocenters. The van der Waals surface area contributed by atoms with E-state index in [1.165, 1.54) is 11.1 Å². The first-order valence-electron chi connectivity index (χ1n) is 13.5. The van der Waals surface area contributed by atoms with Crippen molar-refractivity contribution in [1.29, 1.82) is 0 Å². The van der Waals surface area contributed by atoms with E-state index in [4.69, 9.17) is 12.2 Å². The van der Waals surface area contributed by atoms with Crippen molar-refractivity contribution in [1.82, 2.24) is 19.8 Å². The van der Waals surface area contributed by atoms with Crippen molar-refractivity contribution < 1.29 is 4.79 Å². The van der Waals surface area contributed by atoms with E-state index < -0.39 is 0 Å². The third-order valence-corrected chi connectivity index (χ3v) is 7.86. The Morgan fingerprint density at radius 3 is 2.44 bits per heavy atom. The van der Waals surface area contributed by atoms with Gasteiger partial charge >= 0.3 is 0 Å². The number of pyridine rings is 1. The summed E-state index contributed by atoms with van der Waals surface area (Å²) in [5, 5.41) is 7.16. The SMILES string of the molecule is CCc1ccc(-n2c(C)cc([C@H]3[C@H](c4ccccn4)NC(=S)N3CCC(=O)Nc3ccc(C)cc3)c2C)cc1. The van der Waals surface area contributed by atoms with Gasteiger partial charge < -0.3 is 20.1 Å². The molecule has 0 bridgehead atoms. The maximum absolute atomic E-state index is 12.9. The molecule has 0 saturated carbocycles. The quantitative estimate of drug-likeness (QED) is 0.256. The normalized spacial score (nSPS) is 16.8. The summed E-state index contributed by atoms with van der Waals surface area (Å²) in [5.41, 5.74) is 8.82. The number of aromatic nitrogens is 2. The minimum absolute atomic E-state index is 0.0387. The van der Waals surface area contributed by atoms with Gasteiger partial charge in [-0.05, 0) is 93.0 Å². The van der Waals surface area contributed by atoms with Crippen LogP contribution in [0.5, 0.6) is 0 Å². The van der Waals surface area contributed by atoms with Gasteiger partial charge in [-0.3, -0.25) is 9.78 Å². The van der Waals surface area contributed by atoms with E-state index in [-0.39, 0.29) is 18.0 Å². The average Bonchev–Trinajstić information content (AvgIpc) is 3.43. The first-order valence-corrected chi connectivity index (χ1v) is 13.9. The Kier molecular flexibility index (Phi) is 7.79. The van der Waals surface area contributed by atoms with Gasteiger partial charge in [0.2, 0.25) is 5.91 Å². The fourth-order valence-corrected chi connectivity index (χ4v) is 5.76. The second-order valence-electron chi connectivity index (χ2n) is 10.2. The number of hydrogen-bond acceptors (Lipinski definition) is 3. The van der Waals surface area contributed by atoms with Crippen molar-refractivity contribution in [3.8, 4) is 5.69 Å². The molecule has 0 spiro atoms. The predicted octanol–water partition coefficient (Wildman–Crippen LogP) is 6.36. The van der Waals surface area contributed by atoms with E-state index in [0.717, 1.165) is 40.4 Å². The number of nitrogens with zero attached hydrogens (tertiary/aromatic N) is 3. The van der Waals surface area contributed by atoms with Gasteiger partial charge in [-0.15, -0.1) is 0 Å². The summed E-state index contributed by atoms with van der Waals surface area (Å²) >= 11 is 5.84. The molecule has 0 aliphatic carbocycles. The Labute approximate surface area is 236 Å². The predicted molar refractivity (Wildman–Crippen MR) is 161 cm³/mol. The van der Waals surface area contributed by atoms with E-state index in [9.17, 15) is 4.79 Å². The third-order valence-electron chi connectivity index (χ3n) is 7.50. The number of hydrogen-bond donors (Lipinski definition) is 2. The molecule has 5 rings (SSSR count). The Hall–Kier alpha value is -3.97. The summed E-state index contributed by atoms with van der Waals surface area (Å²) in [6, 6.07) is 24.6. The number of amides is 1. The zero-order chi connectivity index (χ0) is 27.5. The molecular formula is C32H35N5OS. The standard InChI is InChI=1S/C32H35N5OS/c1-5-24-11-15-26(16-12-24)37-22(3)20-27(23(37)4)31-30(28-8-6-7-18-33-28)35-32(39)36(31)19-17-29(38)34-25-13-9-21(2)10-14-25/h6-16,18,20,30-31H,5,17,19H2,1-4H3,(H,34,38)(H,35,39)/t30-,31-/m0/s1. The van der Waals surface area contributed by atoms with Crippen molar-refractivity contribution in [3.05, 3.63) is 113 Å². The van der Waals surface area contributed by atoms with Crippen LogP contribution in [-0.4, -0.2) is 32.0 Å². The number of rotatable bonds is 8. The molecule has 1 amide bonds. The molecule has 2 aromatic heterocycles. The topological polar surface area (TPSA) is 62.2 Å². The molecule has 7 heteroatoms. The molecule has 4 aromatic rings. The van der Waals surface area contributed by atoms with Gasteiger partial charge in [0.05, 0.1) is 17.8 Å². The number of benzene rings is 2.